The molecule has 1 aromatic heterocycles. The van der Waals surface area contributed by atoms with Crippen molar-refractivity contribution >= 4 is 5.69 Å². The summed E-state index contributed by atoms with van der Waals surface area (Å²) in [6.45, 7) is 6.59. The fourth-order valence-corrected chi connectivity index (χ4v) is 1.77. The SMILES string of the molecule is CNc1cncc(Oc2ccc(C(C)(C)C)cc2)c1. The Morgan fingerprint density at radius 2 is 1.68 bits per heavy atom. The van der Waals surface area contributed by atoms with Crippen LogP contribution in [0.25, 0.3) is 0 Å². The maximum Gasteiger partial charge on any atom is 0.147 e. The molecule has 0 unspecified atom stereocenters. The third kappa shape index (κ3) is 3.47. The van der Waals surface area contributed by atoms with E-state index in [2.05, 4.69) is 43.2 Å². The van der Waals surface area contributed by atoms with Crippen LogP contribution in [0.2, 0.25) is 0 Å². The van der Waals surface area contributed by atoms with Crippen LogP contribution in [-0.2, 0) is 5.41 Å². The van der Waals surface area contributed by atoms with Gasteiger partial charge in [-0.25, -0.2) is 0 Å². The second kappa shape index (κ2) is 5.31. The molecule has 0 saturated carbocycles. The highest BCUT2D eigenvalue weighted by atomic mass is 16.5. The summed E-state index contributed by atoms with van der Waals surface area (Å²) in [5.74, 6) is 1.55. The molecule has 3 heteroatoms. The Kier molecular flexibility index (Phi) is 3.74. The van der Waals surface area contributed by atoms with Crippen molar-refractivity contribution in [1.29, 1.82) is 0 Å². The Morgan fingerprint density at radius 1 is 1.00 bits per heavy atom. The van der Waals surface area contributed by atoms with Gasteiger partial charge in [0.25, 0.3) is 0 Å². The Balaban J connectivity index is 2.15. The third-order valence-electron chi connectivity index (χ3n) is 2.96. The molecule has 100 valence electrons. The van der Waals surface area contributed by atoms with E-state index in [0.717, 1.165) is 17.2 Å². The lowest BCUT2D eigenvalue weighted by molar-refractivity contribution is 0.479. The first-order valence-electron chi connectivity index (χ1n) is 6.40. The summed E-state index contributed by atoms with van der Waals surface area (Å²) in [4.78, 5) is 4.12. The van der Waals surface area contributed by atoms with Gasteiger partial charge < -0.3 is 10.1 Å². The summed E-state index contributed by atoms with van der Waals surface area (Å²) in [6, 6.07) is 10.1. The number of nitrogens with one attached hydrogen (secondary N) is 1. The van der Waals surface area contributed by atoms with Crippen molar-refractivity contribution in [3.63, 3.8) is 0 Å². The quantitative estimate of drug-likeness (QED) is 0.893. The molecule has 0 spiro atoms. The van der Waals surface area contributed by atoms with Gasteiger partial charge in [0.1, 0.15) is 11.5 Å². The Labute approximate surface area is 114 Å². The second-order valence-electron chi connectivity index (χ2n) is 5.54. The number of hydrogen-bond acceptors (Lipinski definition) is 3. The van der Waals surface area contributed by atoms with Crippen LogP contribution in [0.4, 0.5) is 5.69 Å². The van der Waals surface area contributed by atoms with Gasteiger partial charge in [-0.2, -0.15) is 0 Å². The molecule has 0 amide bonds. The van der Waals surface area contributed by atoms with Crippen LogP contribution in [0.5, 0.6) is 11.5 Å². The highest BCUT2D eigenvalue weighted by molar-refractivity contribution is 5.45. The first-order valence-corrected chi connectivity index (χ1v) is 6.40. The molecule has 0 atom stereocenters. The maximum absolute atomic E-state index is 5.79. The van der Waals surface area contributed by atoms with Gasteiger partial charge in [0.05, 0.1) is 18.1 Å². The standard InChI is InChI=1S/C16H20N2O/c1-16(2,3)12-5-7-14(8-6-12)19-15-9-13(17-4)10-18-11-15/h5-11,17H,1-4H3. The minimum atomic E-state index is 0.159. The molecule has 0 aliphatic carbocycles. The molecule has 0 bridgehead atoms. The molecule has 1 aromatic carbocycles. The van der Waals surface area contributed by atoms with Crippen LogP contribution in [-0.4, -0.2) is 12.0 Å². The number of benzene rings is 1. The molecule has 2 rings (SSSR count). The number of aromatic nitrogens is 1. The van der Waals surface area contributed by atoms with E-state index in [1.807, 2.05) is 25.2 Å². The normalized spacial score (nSPS) is 11.2. The first-order chi connectivity index (χ1) is 8.99. The van der Waals surface area contributed by atoms with Crippen molar-refractivity contribution in [3.8, 4) is 11.5 Å². The van der Waals surface area contributed by atoms with Gasteiger partial charge in [0.2, 0.25) is 0 Å². The zero-order chi connectivity index (χ0) is 13.9. The van der Waals surface area contributed by atoms with Gasteiger partial charge >= 0.3 is 0 Å². The Morgan fingerprint density at radius 3 is 2.26 bits per heavy atom. The van der Waals surface area contributed by atoms with Crippen molar-refractivity contribution in [3.05, 3.63) is 48.3 Å². The minimum Gasteiger partial charge on any atom is -0.456 e. The summed E-state index contributed by atoms with van der Waals surface area (Å²) in [7, 11) is 1.86. The van der Waals surface area contributed by atoms with Gasteiger partial charge in [-0.15, -0.1) is 0 Å². The number of nitrogens with zero attached hydrogens (tertiary/aromatic N) is 1. The average Bonchev–Trinajstić information content (AvgIpc) is 2.38. The predicted octanol–water partition coefficient (Wildman–Crippen LogP) is 4.21. The van der Waals surface area contributed by atoms with Crippen molar-refractivity contribution in [2.24, 2.45) is 0 Å². The topological polar surface area (TPSA) is 34.2 Å². The van der Waals surface area contributed by atoms with Crippen LogP contribution in [0, 0.1) is 0 Å². The summed E-state index contributed by atoms with van der Waals surface area (Å²) < 4.78 is 5.79. The third-order valence-corrected chi connectivity index (χ3v) is 2.96. The monoisotopic (exact) mass is 256 g/mol. The van der Waals surface area contributed by atoms with Crippen molar-refractivity contribution < 1.29 is 4.74 Å². The van der Waals surface area contributed by atoms with Crippen LogP contribution >= 0.6 is 0 Å². The lowest BCUT2D eigenvalue weighted by Gasteiger charge is -2.19. The smallest absolute Gasteiger partial charge is 0.147 e. The number of ether oxygens (including phenoxy) is 1. The number of anilines is 1. The Bertz CT molecular complexity index is 541. The van der Waals surface area contributed by atoms with E-state index in [-0.39, 0.29) is 5.41 Å². The van der Waals surface area contributed by atoms with E-state index in [9.17, 15) is 0 Å². The molecule has 0 fully saturated rings. The summed E-state index contributed by atoms with van der Waals surface area (Å²) in [6.07, 6.45) is 3.47. The zero-order valence-electron chi connectivity index (χ0n) is 11.9. The Hall–Kier alpha value is -2.03. The van der Waals surface area contributed by atoms with E-state index in [1.165, 1.54) is 5.56 Å². The molecular formula is C16H20N2O. The largest absolute Gasteiger partial charge is 0.456 e. The van der Waals surface area contributed by atoms with Gasteiger partial charge in [-0.1, -0.05) is 32.9 Å². The van der Waals surface area contributed by atoms with Gasteiger partial charge in [-0.05, 0) is 23.1 Å². The van der Waals surface area contributed by atoms with Crippen molar-refractivity contribution in [2.45, 2.75) is 26.2 Å². The van der Waals surface area contributed by atoms with E-state index in [1.54, 1.807) is 12.4 Å². The number of rotatable bonds is 3. The van der Waals surface area contributed by atoms with E-state index in [4.69, 9.17) is 4.74 Å². The molecule has 0 radical (unpaired) electrons. The van der Waals surface area contributed by atoms with Gasteiger partial charge in [0, 0.05) is 13.1 Å². The van der Waals surface area contributed by atoms with Crippen LogP contribution < -0.4 is 10.1 Å². The molecule has 0 aliphatic heterocycles. The van der Waals surface area contributed by atoms with Crippen molar-refractivity contribution in [1.82, 2.24) is 4.98 Å². The summed E-state index contributed by atoms with van der Waals surface area (Å²) >= 11 is 0. The van der Waals surface area contributed by atoms with Gasteiger partial charge in [-0.3, -0.25) is 4.98 Å². The van der Waals surface area contributed by atoms with E-state index in [0.29, 0.717) is 0 Å². The molecule has 0 saturated heterocycles. The molecule has 1 N–H and O–H groups in total. The van der Waals surface area contributed by atoms with Gasteiger partial charge in [0.15, 0.2) is 0 Å². The molecular weight excluding hydrogens is 236 g/mol. The van der Waals surface area contributed by atoms with E-state index < -0.39 is 0 Å². The van der Waals surface area contributed by atoms with Crippen molar-refractivity contribution in [2.75, 3.05) is 12.4 Å². The number of hydrogen-bond donors (Lipinski definition) is 1. The summed E-state index contributed by atoms with van der Waals surface area (Å²) in [5, 5.41) is 3.04. The predicted molar refractivity (Wildman–Crippen MR) is 79.0 cm³/mol. The highest BCUT2D eigenvalue weighted by Crippen LogP contribution is 2.27. The summed E-state index contributed by atoms with van der Waals surface area (Å²) in [5.41, 5.74) is 2.39. The first kappa shape index (κ1) is 13.4. The van der Waals surface area contributed by atoms with Crippen LogP contribution in [0.15, 0.2) is 42.7 Å². The lowest BCUT2D eigenvalue weighted by atomic mass is 9.87. The second-order valence-corrected chi connectivity index (χ2v) is 5.54. The van der Waals surface area contributed by atoms with Crippen LogP contribution in [0.3, 0.4) is 0 Å². The molecule has 0 aliphatic rings. The molecule has 3 nitrogen and oxygen atoms in total. The van der Waals surface area contributed by atoms with E-state index >= 15 is 0 Å². The highest BCUT2D eigenvalue weighted by Gasteiger charge is 2.13. The minimum absolute atomic E-state index is 0.159. The maximum atomic E-state index is 5.79. The molecule has 2 aromatic rings. The fourth-order valence-electron chi connectivity index (χ4n) is 1.77. The number of pyridine rings is 1. The average molecular weight is 256 g/mol. The lowest BCUT2D eigenvalue weighted by Crippen LogP contribution is -2.10. The molecule has 1 heterocycles. The zero-order valence-corrected chi connectivity index (χ0v) is 11.9. The molecule has 19 heavy (non-hydrogen) atoms. The van der Waals surface area contributed by atoms with Crippen LogP contribution in [0.1, 0.15) is 26.3 Å². The fraction of sp³-hybridized carbons (Fsp3) is 0.312.